The molecule has 1 saturated heterocycles. The van der Waals surface area contributed by atoms with Crippen LogP contribution in [0, 0.1) is 41.4 Å². The molecule has 1 rings (SSSR count). The van der Waals surface area contributed by atoms with Crippen molar-refractivity contribution in [3.8, 4) is 0 Å². The Hall–Kier alpha value is -5.78. The van der Waals surface area contributed by atoms with Crippen molar-refractivity contribution in [1.82, 2.24) is 55.6 Å². The van der Waals surface area contributed by atoms with Crippen molar-refractivity contribution in [3.05, 3.63) is 12.2 Å². The van der Waals surface area contributed by atoms with Crippen molar-refractivity contribution in [2.75, 3.05) is 55.1 Å². The van der Waals surface area contributed by atoms with Gasteiger partial charge in [-0.15, -0.1) is 11.8 Å². The maximum absolute atomic E-state index is 15.2. The molecule has 1 fully saturated rings. The molecule has 13 atom stereocenters. The van der Waals surface area contributed by atoms with Gasteiger partial charge in [0.15, 0.2) is 5.37 Å². The summed E-state index contributed by atoms with van der Waals surface area (Å²) in [6.45, 7) is 31.8. The summed E-state index contributed by atoms with van der Waals surface area (Å²) >= 11 is 1.12. The van der Waals surface area contributed by atoms with Gasteiger partial charge < -0.3 is 60.7 Å². The lowest BCUT2D eigenvalue weighted by molar-refractivity contribution is -0.157. The van der Waals surface area contributed by atoms with Gasteiger partial charge in [0, 0.05) is 49.3 Å². The van der Waals surface area contributed by atoms with Crippen molar-refractivity contribution >= 4 is 76.7 Å². The molecule has 0 spiro atoms. The lowest BCUT2D eigenvalue weighted by Crippen LogP contribution is -2.64. The van der Waals surface area contributed by atoms with Crippen LogP contribution >= 0.6 is 11.8 Å². The number of likely N-dealkylation sites (N-methyl/N-ethyl adjacent to an activating group) is 7. The molecule has 0 bridgehead atoms. The maximum atomic E-state index is 15.2. The molecule has 0 aromatic rings. The van der Waals surface area contributed by atoms with Crippen LogP contribution in [0.4, 0.5) is 0 Å². The average molecular weight is 1260 g/mol. The SMILES string of the molecule is C/C=C/C[C@@H](C)[C@@H](O)[C@H]1C(=O)N[C@@H](CC)C(=O)N(C)C(SCC)C(=O)N(C)[C@@H](CC(C)C)C(=O)N[C@@H](C(C)C)C(=O)N(C)[C@@H](CC(C)C)C(=O)N[C@@H](C)C(=O)N[C@H](C)C(=O)N(C)[C@@H](CC(C)C)C(=O)N(C)[C@@H](CC(C)C)C(=O)N(C)[C@@H](C(C)C)C(=O)N1C. The fourth-order valence-corrected chi connectivity index (χ4v) is 12.0. The van der Waals surface area contributed by atoms with E-state index in [1.807, 2.05) is 61.5 Å². The molecular formula is C64H115N11O12S. The highest BCUT2D eigenvalue weighted by Gasteiger charge is 2.46. The Morgan fingerprint density at radius 3 is 1.28 bits per heavy atom. The molecule has 0 radical (unpaired) electrons. The van der Waals surface area contributed by atoms with Gasteiger partial charge in [0.05, 0.1) is 6.10 Å². The van der Waals surface area contributed by atoms with Crippen LogP contribution in [0.2, 0.25) is 0 Å². The van der Waals surface area contributed by atoms with Gasteiger partial charge in [0.2, 0.25) is 59.1 Å². The highest BCUT2D eigenvalue weighted by Crippen LogP contribution is 2.27. The van der Waals surface area contributed by atoms with Gasteiger partial charge >= 0.3 is 0 Å². The third kappa shape index (κ3) is 22.0. The van der Waals surface area contributed by atoms with Crippen molar-refractivity contribution in [1.29, 1.82) is 0 Å². The first-order chi connectivity index (χ1) is 40.7. The summed E-state index contributed by atoms with van der Waals surface area (Å²) in [6.07, 6.45) is 3.01. The topological polar surface area (TPSA) is 279 Å². The number of rotatable bonds is 17. The first-order valence-electron chi connectivity index (χ1n) is 31.7. The molecule has 0 saturated carbocycles. The van der Waals surface area contributed by atoms with Crippen LogP contribution in [0.1, 0.15) is 163 Å². The Morgan fingerprint density at radius 1 is 0.443 bits per heavy atom. The number of amides is 11. The van der Waals surface area contributed by atoms with E-state index in [-0.39, 0.29) is 55.8 Å². The number of carbonyl (C=O) groups is 11. The second-order valence-corrected chi connectivity index (χ2v) is 28.0. The molecule has 1 unspecified atom stereocenters. The van der Waals surface area contributed by atoms with E-state index < -0.39 is 155 Å². The molecule has 5 N–H and O–H groups in total. The van der Waals surface area contributed by atoms with Crippen LogP contribution in [0.3, 0.4) is 0 Å². The molecule has 0 aromatic heterocycles. The minimum absolute atomic E-state index is 0.0125. The quantitative estimate of drug-likeness (QED) is 0.127. The number of hydrogen-bond acceptors (Lipinski definition) is 13. The highest BCUT2D eigenvalue weighted by molar-refractivity contribution is 8.00. The minimum atomic E-state index is -1.62. The molecule has 0 aliphatic carbocycles. The van der Waals surface area contributed by atoms with Crippen molar-refractivity contribution < 1.29 is 57.8 Å². The van der Waals surface area contributed by atoms with E-state index in [1.165, 1.54) is 92.6 Å². The summed E-state index contributed by atoms with van der Waals surface area (Å²) in [5.41, 5.74) is 0. The summed E-state index contributed by atoms with van der Waals surface area (Å²) in [7, 11) is 10.0. The van der Waals surface area contributed by atoms with Crippen molar-refractivity contribution in [3.63, 3.8) is 0 Å². The normalized spacial score (nSPS) is 27.2. The van der Waals surface area contributed by atoms with Crippen LogP contribution in [-0.2, 0) is 52.7 Å². The van der Waals surface area contributed by atoms with Gasteiger partial charge in [-0.2, -0.15) is 0 Å². The van der Waals surface area contributed by atoms with Crippen molar-refractivity contribution in [2.24, 2.45) is 41.4 Å². The van der Waals surface area contributed by atoms with Crippen LogP contribution in [0.25, 0.3) is 0 Å². The van der Waals surface area contributed by atoms with Gasteiger partial charge in [0.1, 0.15) is 60.4 Å². The fraction of sp³-hybridized carbons (Fsp3) is 0.797. The Labute approximate surface area is 531 Å². The highest BCUT2D eigenvalue weighted by atomic mass is 32.2. The van der Waals surface area contributed by atoms with Gasteiger partial charge in [-0.1, -0.05) is 116 Å². The summed E-state index contributed by atoms with van der Waals surface area (Å²) in [5, 5.41) is 22.1. The number of aliphatic hydroxyl groups is 1. The van der Waals surface area contributed by atoms with E-state index >= 15 is 14.4 Å². The van der Waals surface area contributed by atoms with E-state index in [1.54, 1.807) is 61.5 Å². The number of nitrogens with one attached hydrogen (secondary N) is 4. The second-order valence-electron chi connectivity index (χ2n) is 26.6. The van der Waals surface area contributed by atoms with E-state index in [4.69, 9.17) is 0 Å². The maximum Gasteiger partial charge on any atom is 0.256 e. The zero-order valence-corrected chi connectivity index (χ0v) is 58.9. The van der Waals surface area contributed by atoms with E-state index in [0.717, 1.165) is 16.7 Å². The first kappa shape index (κ1) is 80.2. The lowest BCUT2D eigenvalue weighted by atomic mass is 9.91. The molecule has 1 aliphatic heterocycles. The molecule has 88 heavy (non-hydrogen) atoms. The molecule has 1 aliphatic rings. The number of aliphatic hydroxyl groups excluding tert-OH is 1. The number of allylic oxidation sites excluding steroid dienone is 2. The predicted molar refractivity (Wildman–Crippen MR) is 345 cm³/mol. The van der Waals surface area contributed by atoms with Crippen LogP contribution < -0.4 is 21.3 Å². The number of carbonyl (C=O) groups excluding carboxylic acids is 11. The van der Waals surface area contributed by atoms with Gasteiger partial charge in [-0.3, -0.25) is 52.7 Å². The third-order valence-electron chi connectivity index (χ3n) is 16.5. The van der Waals surface area contributed by atoms with Crippen LogP contribution in [0.5, 0.6) is 0 Å². The number of thioether (sulfide) groups is 1. The first-order valence-corrected chi connectivity index (χ1v) is 32.7. The van der Waals surface area contributed by atoms with Crippen LogP contribution in [0.15, 0.2) is 12.2 Å². The van der Waals surface area contributed by atoms with Gasteiger partial charge in [-0.25, -0.2) is 0 Å². The molecule has 24 heteroatoms. The Kier molecular flexibility index (Phi) is 33.5. The number of nitrogens with zero attached hydrogens (tertiary/aromatic N) is 7. The van der Waals surface area contributed by atoms with Crippen molar-refractivity contribution in [2.45, 2.75) is 235 Å². The second kappa shape index (κ2) is 36.8. The van der Waals surface area contributed by atoms with E-state index in [9.17, 15) is 43.5 Å². The minimum Gasteiger partial charge on any atom is -0.390 e. The lowest BCUT2D eigenvalue weighted by Gasteiger charge is -2.41. The summed E-state index contributed by atoms with van der Waals surface area (Å²) in [4.78, 5) is 171. The molecule has 0 aromatic carbocycles. The third-order valence-corrected chi connectivity index (χ3v) is 17.7. The molecule has 11 amide bonds. The fourth-order valence-electron chi connectivity index (χ4n) is 11.0. The number of hydrogen-bond donors (Lipinski definition) is 5. The molecule has 504 valence electrons. The Morgan fingerprint density at radius 2 is 0.852 bits per heavy atom. The Bertz CT molecular complexity index is 2400. The molecular weight excluding hydrogens is 1150 g/mol. The predicted octanol–water partition coefficient (Wildman–Crippen LogP) is 4.35. The smallest absolute Gasteiger partial charge is 0.256 e. The van der Waals surface area contributed by atoms with E-state index in [2.05, 4.69) is 21.3 Å². The van der Waals surface area contributed by atoms with Crippen LogP contribution in [-0.4, -0.2) is 231 Å². The zero-order chi connectivity index (χ0) is 68.3. The molecule has 1 heterocycles. The standard InChI is InChI=1S/C64H115N11O12S/c1-26-29-30-41(16)52(76)51-56(80)67-44(27-2)58(82)75(25)64(88-28-3)63(87)70(20)46(32-36(6)7)55(79)68-49(39(12)13)61(85)69(19)45(31-35(4)5)54(78)65-42(17)53(77)66-43(18)57(81)71(21)47(33-37(8)9)59(83)72(22)48(34-38(10)11)60(84)73(23)50(40(14)15)62(86)74(51)24/h26,29,35-52,64,76H,27-28,30-34H2,1-25H3,(H,65,78)(H,66,77)(H,67,80)(H,68,79)/b29-26+/t41-,42+,43-,44+,45+,46+,47+,48+,49+,50+,51+,52-,64?/m1/s1. The summed E-state index contributed by atoms with van der Waals surface area (Å²) in [5.74, 6) is -9.40. The molecule has 23 nitrogen and oxygen atoms in total. The van der Waals surface area contributed by atoms with Gasteiger partial charge in [0.25, 0.3) is 5.91 Å². The monoisotopic (exact) mass is 1260 g/mol. The summed E-state index contributed by atoms with van der Waals surface area (Å²) in [6, 6.07) is -12.4. The largest absolute Gasteiger partial charge is 0.390 e. The van der Waals surface area contributed by atoms with E-state index in [0.29, 0.717) is 12.2 Å². The summed E-state index contributed by atoms with van der Waals surface area (Å²) < 4.78 is 0. The average Bonchev–Trinajstić information content (AvgIpc) is 1.33. The Balaban J connectivity index is 4.45. The zero-order valence-electron chi connectivity index (χ0n) is 58.1. The van der Waals surface area contributed by atoms with Gasteiger partial charge in [-0.05, 0) is 106 Å².